The van der Waals surface area contributed by atoms with E-state index in [1.165, 1.54) is 6.07 Å². The molecule has 0 fully saturated rings. The van der Waals surface area contributed by atoms with Gasteiger partial charge in [-0.2, -0.15) is 0 Å². The number of aromatic nitrogens is 1. The standard InChI is InChI=1S/C12H14N2O3S/c1-7(8-2-10(15)4-11(16)3-8)13-5-9-6-18-12(17)14-9/h2-4,6-7,13,15-16H,5H2,1H3,(H,14,17). The van der Waals surface area contributed by atoms with Crippen LogP contribution in [0.1, 0.15) is 24.2 Å². The zero-order valence-electron chi connectivity index (χ0n) is 9.80. The molecule has 96 valence electrons. The molecule has 6 heteroatoms. The van der Waals surface area contributed by atoms with Crippen molar-refractivity contribution in [1.29, 1.82) is 0 Å². The van der Waals surface area contributed by atoms with Gasteiger partial charge in [-0.3, -0.25) is 4.79 Å². The van der Waals surface area contributed by atoms with Crippen LogP contribution in [0.15, 0.2) is 28.4 Å². The second kappa shape index (κ2) is 5.24. The third-order valence-electron chi connectivity index (χ3n) is 2.59. The molecule has 0 saturated heterocycles. The average Bonchev–Trinajstić information content (AvgIpc) is 2.70. The number of rotatable bonds is 4. The van der Waals surface area contributed by atoms with Crippen molar-refractivity contribution in [3.8, 4) is 11.5 Å². The second-order valence-corrected chi connectivity index (χ2v) is 4.90. The number of hydrogen-bond donors (Lipinski definition) is 4. The minimum atomic E-state index is -0.0746. The normalized spacial score (nSPS) is 12.5. The summed E-state index contributed by atoms with van der Waals surface area (Å²) in [6.45, 7) is 2.44. The van der Waals surface area contributed by atoms with Gasteiger partial charge in [-0.1, -0.05) is 11.3 Å². The van der Waals surface area contributed by atoms with Gasteiger partial charge in [0.05, 0.1) is 0 Å². The van der Waals surface area contributed by atoms with E-state index in [0.717, 1.165) is 22.6 Å². The summed E-state index contributed by atoms with van der Waals surface area (Å²) in [6.07, 6.45) is 0. The molecule has 5 nitrogen and oxygen atoms in total. The summed E-state index contributed by atoms with van der Waals surface area (Å²) >= 11 is 1.13. The second-order valence-electron chi connectivity index (χ2n) is 4.06. The minimum absolute atomic E-state index is 0.0302. The summed E-state index contributed by atoms with van der Waals surface area (Å²) < 4.78 is 0. The van der Waals surface area contributed by atoms with E-state index >= 15 is 0 Å². The van der Waals surface area contributed by atoms with Crippen LogP contribution in [-0.4, -0.2) is 15.2 Å². The molecule has 0 aliphatic rings. The first-order chi connectivity index (χ1) is 8.54. The SMILES string of the molecule is CC(NCc1csc(=O)[nH]1)c1cc(O)cc(O)c1. The molecule has 0 amide bonds. The van der Waals surface area contributed by atoms with Crippen molar-refractivity contribution in [2.24, 2.45) is 0 Å². The summed E-state index contributed by atoms with van der Waals surface area (Å²) in [5, 5.41) is 23.8. The average molecular weight is 266 g/mol. The van der Waals surface area contributed by atoms with Crippen LogP contribution in [0.5, 0.6) is 11.5 Å². The van der Waals surface area contributed by atoms with Crippen LogP contribution in [-0.2, 0) is 6.54 Å². The Morgan fingerprint density at radius 2 is 2.00 bits per heavy atom. The summed E-state index contributed by atoms with van der Waals surface area (Å²) in [4.78, 5) is 13.6. The van der Waals surface area contributed by atoms with Crippen molar-refractivity contribution < 1.29 is 10.2 Å². The van der Waals surface area contributed by atoms with E-state index in [2.05, 4.69) is 10.3 Å². The highest BCUT2D eigenvalue weighted by Crippen LogP contribution is 2.24. The lowest BCUT2D eigenvalue weighted by Gasteiger charge is -2.14. The Hall–Kier alpha value is -1.79. The smallest absolute Gasteiger partial charge is 0.304 e. The molecule has 0 aliphatic heterocycles. The van der Waals surface area contributed by atoms with E-state index in [4.69, 9.17) is 0 Å². The topological polar surface area (TPSA) is 85.4 Å². The zero-order chi connectivity index (χ0) is 13.1. The molecule has 4 N–H and O–H groups in total. The summed E-state index contributed by atoms with van der Waals surface area (Å²) in [7, 11) is 0. The predicted molar refractivity (Wildman–Crippen MR) is 70.0 cm³/mol. The first kappa shape index (κ1) is 12.7. The highest BCUT2D eigenvalue weighted by atomic mass is 32.1. The lowest BCUT2D eigenvalue weighted by atomic mass is 10.1. The molecule has 1 atom stereocenters. The minimum Gasteiger partial charge on any atom is -0.508 e. The van der Waals surface area contributed by atoms with Gasteiger partial charge in [0.15, 0.2) is 0 Å². The van der Waals surface area contributed by atoms with E-state index < -0.39 is 0 Å². The number of thiazole rings is 1. The van der Waals surface area contributed by atoms with Gasteiger partial charge in [-0.15, -0.1) is 0 Å². The Kier molecular flexibility index (Phi) is 3.69. The molecular weight excluding hydrogens is 252 g/mol. The maximum Gasteiger partial charge on any atom is 0.304 e. The van der Waals surface area contributed by atoms with Crippen molar-refractivity contribution in [3.63, 3.8) is 0 Å². The third-order valence-corrected chi connectivity index (χ3v) is 3.31. The van der Waals surface area contributed by atoms with Crippen molar-refractivity contribution in [3.05, 3.63) is 44.5 Å². The van der Waals surface area contributed by atoms with E-state index in [0.29, 0.717) is 6.54 Å². The number of aromatic amines is 1. The van der Waals surface area contributed by atoms with Gasteiger partial charge in [0.25, 0.3) is 0 Å². The maximum atomic E-state index is 11.0. The van der Waals surface area contributed by atoms with Crippen LogP contribution >= 0.6 is 11.3 Å². The number of phenols is 2. The van der Waals surface area contributed by atoms with Gasteiger partial charge in [-0.25, -0.2) is 0 Å². The van der Waals surface area contributed by atoms with Gasteiger partial charge in [0.1, 0.15) is 11.5 Å². The Bertz CT molecular complexity index is 571. The summed E-state index contributed by atoms with van der Waals surface area (Å²) in [5.41, 5.74) is 1.60. The molecule has 2 aromatic rings. The van der Waals surface area contributed by atoms with Crippen LogP contribution < -0.4 is 10.2 Å². The molecule has 0 bridgehead atoms. The molecule has 18 heavy (non-hydrogen) atoms. The molecule has 1 aromatic carbocycles. The number of hydrogen-bond acceptors (Lipinski definition) is 5. The summed E-state index contributed by atoms with van der Waals surface area (Å²) in [6, 6.07) is 4.42. The van der Waals surface area contributed by atoms with Crippen molar-refractivity contribution in [2.75, 3.05) is 0 Å². The fourth-order valence-corrected chi connectivity index (χ4v) is 2.23. The first-order valence-electron chi connectivity index (χ1n) is 5.47. The molecule has 1 unspecified atom stereocenters. The number of H-pyrrole nitrogens is 1. The fourth-order valence-electron chi connectivity index (χ4n) is 1.65. The lowest BCUT2D eigenvalue weighted by molar-refractivity contribution is 0.446. The van der Waals surface area contributed by atoms with Gasteiger partial charge in [-0.05, 0) is 24.6 Å². The summed E-state index contributed by atoms with van der Waals surface area (Å²) in [5.74, 6) is 0.0604. The Morgan fingerprint density at radius 1 is 1.33 bits per heavy atom. The van der Waals surface area contributed by atoms with Gasteiger partial charge in [0.2, 0.25) is 0 Å². The van der Waals surface area contributed by atoms with Crippen LogP contribution in [0, 0.1) is 0 Å². The van der Waals surface area contributed by atoms with Gasteiger partial charge in [0, 0.05) is 29.7 Å². The fraction of sp³-hybridized carbons (Fsp3) is 0.250. The van der Waals surface area contributed by atoms with E-state index in [9.17, 15) is 15.0 Å². The van der Waals surface area contributed by atoms with Crippen LogP contribution in [0.25, 0.3) is 0 Å². The first-order valence-corrected chi connectivity index (χ1v) is 6.35. The van der Waals surface area contributed by atoms with Gasteiger partial charge >= 0.3 is 4.87 Å². The van der Waals surface area contributed by atoms with E-state index in [-0.39, 0.29) is 22.4 Å². The molecule has 1 aromatic heterocycles. The molecule has 0 spiro atoms. The van der Waals surface area contributed by atoms with Crippen LogP contribution in [0.3, 0.4) is 0 Å². The number of phenolic OH excluding ortho intramolecular Hbond substituents is 2. The number of benzene rings is 1. The van der Waals surface area contributed by atoms with E-state index in [1.807, 2.05) is 6.92 Å². The molecule has 0 radical (unpaired) electrons. The third kappa shape index (κ3) is 3.12. The highest BCUT2D eigenvalue weighted by Gasteiger charge is 2.08. The van der Waals surface area contributed by atoms with Crippen molar-refractivity contribution in [2.45, 2.75) is 19.5 Å². The zero-order valence-corrected chi connectivity index (χ0v) is 10.6. The number of nitrogens with one attached hydrogen (secondary N) is 2. The van der Waals surface area contributed by atoms with Gasteiger partial charge < -0.3 is 20.5 Å². The largest absolute Gasteiger partial charge is 0.508 e. The van der Waals surface area contributed by atoms with Crippen molar-refractivity contribution >= 4 is 11.3 Å². The quantitative estimate of drug-likeness (QED) is 0.678. The molecule has 0 saturated carbocycles. The monoisotopic (exact) mass is 266 g/mol. The molecule has 2 rings (SSSR count). The Morgan fingerprint density at radius 3 is 2.56 bits per heavy atom. The number of aromatic hydroxyl groups is 2. The van der Waals surface area contributed by atoms with E-state index in [1.54, 1.807) is 17.5 Å². The molecule has 1 heterocycles. The van der Waals surface area contributed by atoms with Crippen LogP contribution in [0.2, 0.25) is 0 Å². The Balaban J connectivity index is 2.03. The van der Waals surface area contributed by atoms with Crippen LogP contribution in [0.4, 0.5) is 0 Å². The lowest BCUT2D eigenvalue weighted by Crippen LogP contribution is -2.18. The highest BCUT2D eigenvalue weighted by molar-refractivity contribution is 7.07. The molecular formula is C12H14N2O3S. The maximum absolute atomic E-state index is 11.0. The Labute approximate surface area is 108 Å². The predicted octanol–water partition coefficient (Wildman–Crippen LogP) is 1.70. The molecule has 0 aliphatic carbocycles. The van der Waals surface area contributed by atoms with Crippen molar-refractivity contribution in [1.82, 2.24) is 10.3 Å².